The molecule has 0 N–H and O–H groups in total. The number of carbonyl (C=O) groups excluding carboxylic acids is 1. The molecule has 0 bridgehead atoms. The van der Waals surface area contributed by atoms with E-state index >= 15 is 0 Å². The van der Waals surface area contributed by atoms with Crippen molar-refractivity contribution in [1.82, 2.24) is 0 Å². The van der Waals surface area contributed by atoms with Gasteiger partial charge in [0.2, 0.25) is 0 Å². The molecule has 0 aliphatic carbocycles. The highest BCUT2D eigenvalue weighted by molar-refractivity contribution is 7.99. The smallest absolute Gasteiger partial charge is 0.172 e. The topological polar surface area (TPSA) is 17.1 Å². The zero-order chi connectivity index (χ0) is 9.84. The molecule has 1 rings (SSSR count). The first-order chi connectivity index (χ1) is 6.15. The van der Waals surface area contributed by atoms with E-state index in [1.54, 1.807) is 0 Å². The molecule has 0 amide bonds. The van der Waals surface area contributed by atoms with Crippen LogP contribution in [0.25, 0.3) is 0 Å². The lowest BCUT2D eigenvalue weighted by molar-refractivity contribution is 0.102. The quantitative estimate of drug-likeness (QED) is 0.726. The Morgan fingerprint density at radius 3 is 2.85 bits per heavy atom. The Morgan fingerprint density at radius 2 is 2.31 bits per heavy atom. The Bertz CT molecular complexity index is 327. The number of ketones is 1. The van der Waals surface area contributed by atoms with Crippen molar-refractivity contribution in [3.63, 3.8) is 0 Å². The van der Waals surface area contributed by atoms with Crippen LogP contribution < -0.4 is 0 Å². The fourth-order valence-corrected chi connectivity index (χ4v) is 1.43. The predicted molar refractivity (Wildman–Crippen MR) is 54.1 cm³/mol. The number of hydrogen-bond donors (Lipinski definition) is 0. The first kappa shape index (κ1) is 10.5. The zero-order valence-electron chi connectivity index (χ0n) is 7.01. The average Bonchev–Trinajstić information content (AvgIpc) is 2.10. The maximum atomic E-state index is 12.9. The minimum atomic E-state index is -0.548. The highest BCUT2D eigenvalue weighted by Gasteiger charge is 2.07. The van der Waals surface area contributed by atoms with Crippen LogP contribution in [0.1, 0.15) is 10.4 Å². The van der Waals surface area contributed by atoms with Gasteiger partial charge in [-0.25, -0.2) is 4.39 Å². The van der Waals surface area contributed by atoms with E-state index < -0.39 is 5.82 Å². The summed E-state index contributed by atoms with van der Waals surface area (Å²) in [4.78, 5) is 11.3. The van der Waals surface area contributed by atoms with E-state index in [1.807, 2.05) is 6.26 Å². The molecule has 1 aromatic rings. The van der Waals surface area contributed by atoms with Crippen LogP contribution in [-0.4, -0.2) is 17.8 Å². The molecule has 1 aromatic carbocycles. The number of thioether (sulfide) groups is 1. The molecule has 0 spiro atoms. The van der Waals surface area contributed by atoms with Gasteiger partial charge in [-0.1, -0.05) is 11.6 Å². The number of Topliss-reactive ketones (excluding diaryl/α,β-unsaturated/α-hetero) is 1. The van der Waals surface area contributed by atoms with Gasteiger partial charge in [-0.3, -0.25) is 4.79 Å². The first-order valence-electron chi connectivity index (χ1n) is 3.62. The number of hydrogen-bond acceptors (Lipinski definition) is 2. The van der Waals surface area contributed by atoms with E-state index in [4.69, 9.17) is 11.6 Å². The summed E-state index contributed by atoms with van der Waals surface area (Å²) in [6.07, 6.45) is 1.82. The van der Waals surface area contributed by atoms with E-state index in [9.17, 15) is 9.18 Å². The van der Waals surface area contributed by atoms with Crippen LogP contribution in [0, 0.1) is 5.82 Å². The van der Waals surface area contributed by atoms with Gasteiger partial charge in [-0.2, -0.15) is 11.8 Å². The highest BCUT2D eigenvalue weighted by atomic mass is 35.5. The lowest BCUT2D eigenvalue weighted by Gasteiger charge is -1.99. The Hall–Kier alpha value is -0.540. The average molecular weight is 219 g/mol. The van der Waals surface area contributed by atoms with E-state index in [1.165, 1.54) is 30.0 Å². The molecule has 0 radical (unpaired) electrons. The van der Waals surface area contributed by atoms with Crippen LogP contribution in [0.2, 0.25) is 5.02 Å². The summed E-state index contributed by atoms with van der Waals surface area (Å²) in [5, 5.41) is 0.0423. The van der Waals surface area contributed by atoms with Gasteiger partial charge in [0, 0.05) is 5.56 Å². The Balaban J connectivity index is 2.90. The molecule has 13 heavy (non-hydrogen) atoms. The Kier molecular flexibility index (Phi) is 3.75. The van der Waals surface area contributed by atoms with E-state index in [-0.39, 0.29) is 10.8 Å². The van der Waals surface area contributed by atoms with Crippen molar-refractivity contribution in [2.75, 3.05) is 12.0 Å². The van der Waals surface area contributed by atoms with E-state index in [0.717, 1.165) is 0 Å². The van der Waals surface area contributed by atoms with Gasteiger partial charge in [0.25, 0.3) is 0 Å². The van der Waals surface area contributed by atoms with Gasteiger partial charge in [-0.05, 0) is 24.5 Å². The molecule has 0 fully saturated rings. The van der Waals surface area contributed by atoms with Crippen LogP contribution in [-0.2, 0) is 0 Å². The molecule has 0 aliphatic heterocycles. The summed E-state index contributed by atoms with van der Waals surface area (Å²) < 4.78 is 12.9. The molecule has 0 unspecified atom stereocenters. The third kappa shape index (κ3) is 2.71. The molecule has 0 aromatic heterocycles. The van der Waals surface area contributed by atoms with E-state index in [2.05, 4.69) is 0 Å². The molecule has 0 heterocycles. The summed E-state index contributed by atoms with van der Waals surface area (Å²) in [7, 11) is 0. The second-order valence-electron chi connectivity index (χ2n) is 2.49. The molecule has 0 aliphatic rings. The molecule has 1 nitrogen and oxygen atoms in total. The number of benzene rings is 1. The predicted octanol–water partition coefficient (Wildman–Crippen LogP) is 3.02. The third-order valence-corrected chi connectivity index (χ3v) is 2.37. The normalized spacial score (nSPS) is 10.1. The van der Waals surface area contributed by atoms with Crippen molar-refractivity contribution in [3.05, 3.63) is 34.6 Å². The highest BCUT2D eigenvalue weighted by Crippen LogP contribution is 2.16. The SMILES string of the molecule is CSCC(=O)c1ccc(Cl)c(F)c1. The van der Waals surface area contributed by atoms with Gasteiger partial charge < -0.3 is 0 Å². The fourth-order valence-electron chi connectivity index (χ4n) is 0.884. The van der Waals surface area contributed by atoms with Gasteiger partial charge in [-0.15, -0.1) is 0 Å². The van der Waals surface area contributed by atoms with Crippen LogP contribution in [0.5, 0.6) is 0 Å². The molecule has 70 valence electrons. The summed E-state index contributed by atoms with van der Waals surface area (Å²) in [6, 6.07) is 4.09. The van der Waals surface area contributed by atoms with Crippen LogP contribution >= 0.6 is 23.4 Å². The van der Waals surface area contributed by atoms with Gasteiger partial charge in [0.05, 0.1) is 10.8 Å². The van der Waals surface area contributed by atoms with Gasteiger partial charge in [0.1, 0.15) is 5.82 Å². The first-order valence-corrected chi connectivity index (χ1v) is 5.39. The molecule has 4 heteroatoms. The van der Waals surface area contributed by atoms with Crippen LogP contribution in [0.3, 0.4) is 0 Å². The number of rotatable bonds is 3. The largest absolute Gasteiger partial charge is 0.293 e. The number of carbonyl (C=O) groups is 1. The minimum Gasteiger partial charge on any atom is -0.293 e. The summed E-state index contributed by atoms with van der Waals surface area (Å²) >= 11 is 6.88. The van der Waals surface area contributed by atoms with Gasteiger partial charge >= 0.3 is 0 Å². The number of halogens is 2. The molecular formula is C9H8ClFOS. The second kappa shape index (κ2) is 4.63. The van der Waals surface area contributed by atoms with Crippen molar-refractivity contribution in [1.29, 1.82) is 0 Å². The van der Waals surface area contributed by atoms with Crippen molar-refractivity contribution in [3.8, 4) is 0 Å². The fraction of sp³-hybridized carbons (Fsp3) is 0.222. The van der Waals surface area contributed by atoms with Crippen molar-refractivity contribution in [2.24, 2.45) is 0 Å². The zero-order valence-corrected chi connectivity index (χ0v) is 8.58. The molecule has 0 atom stereocenters. The maximum Gasteiger partial charge on any atom is 0.172 e. The minimum absolute atomic E-state index is 0.0423. The summed E-state index contributed by atoms with van der Waals surface area (Å²) in [6.45, 7) is 0. The second-order valence-corrected chi connectivity index (χ2v) is 3.76. The lowest BCUT2D eigenvalue weighted by Crippen LogP contribution is -2.02. The van der Waals surface area contributed by atoms with Crippen molar-refractivity contribution < 1.29 is 9.18 Å². The standard InChI is InChI=1S/C9H8ClFOS/c1-13-5-9(12)6-2-3-7(10)8(11)4-6/h2-4H,5H2,1H3. The Labute approximate surface area is 85.3 Å². The van der Waals surface area contributed by atoms with E-state index in [0.29, 0.717) is 11.3 Å². The van der Waals surface area contributed by atoms with Gasteiger partial charge in [0.15, 0.2) is 5.78 Å². The van der Waals surface area contributed by atoms with Crippen molar-refractivity contribution in [2.45, 2.75) is 0 Å². The lowest BCUT2D eigenvalue weighted by atomic mass is 10.1. The summed E-state index contributed by atoms with van der Waals surface area (Å²) in [5.41, 5.74) is 0.372. The molecule has 0 saturated carbocycles. The molecule has 0 saturated heterocycles. The third-order valence-electron chi connectivity index (χ3n) is 1.52. The monoisotopic (exact) mass is 218 g/mol. The Morgan fingerprint density at radius 1 is 1.62 bits per heavy atom. The summed E-state index contributed by atoms with van der Waals surface area (Å²) in [5.74, 6) is -0.266. The van der Waals surface area contributed by atoms with Crippen molar-refractivity contribution >= 4 is 29.1 Å². The maximum absolute atomic E-state index is 12.9. The molecular weight excluding hydrogens is 211 g/mol. The van der Waals surface area contributed by atoms with Crippen LogP contribution in [0.15, 0.2) is 18.2 Å². The van der Waals surface area contributed by atoms with Crippen LogP contribution in [0.4, 0.5) is 4.39 Å².